The highest BCUT2D eigenvalue weighted by molar-refractivity contribution is 6.06. The summed E-state index contributed by atoms with van der Waals surface area (Å²) in [4.78, 5) is 57.6. The van der Waals surface area contributed by atoms with Crippen LogP contribution < -0.4 is 10.2 Å². The van der Waals surface area contributed by atoms with E-state index in [4.69, 9.17) is 0 Å². The van der Waals surface area contributed by atoms with Crippen molar-refractivity contribution >= 4 is 29.7 Å². The molecule has 1 aromatic carbocycles. The minimum atomic E-state index is -0.721. The Balaban J connectivity index is 1.15. The second kappa shape index (κ2) is 11.3. The molecule has 0 spiro atoms. The molecular formula is C28H39N5O4. The first-order valence-electron chi connectivity index (χ1n) is 13.8. The first-order valence-corrected chi connectivity index (χ1v) is 13.8. The van der Waals surface area contributed by atoms with Crippen molar-refractivity contribution < 1.29 is 19.2 Å². The Labute approximate surface area is 219 Å². The summed E-state index contributed by atoms with van der Waals surface area (Å²) in [6.45, 7) is 7.89. The van der Waals surface area contributed by atoms with E-state index in [1.807, 2.05) is 6.07 Å². The predicted octanol–water partition coefficient (Wildman–Crippen LogP) is 1.76. The van der Waals surface area contributed by atoms with Gasteiger partial charge in [-0.15, -0.1) is 0 Å². The standard InChI is InChI=1S/C28H39N5O4/c1-30(25-7-8-26(35)29-27(25)36)28(37)24-15-23(6-5-21(24)19-34)33-17-20(18-33)16-31-13-9-22(10-14-31)32-11-3-2-4-12-32/h5-6,15,19-20,22,25H,2-4,7-14,16-18H2,1H3,(H,29,35,36). The van der Waals surface area contributed by atoms with E-state index in [2.05, 4.69) is 20.0 Å². The molecule has 4 aliphatic heterocycles. The smallest absolute Gasteiger partial charge is 0.255 e. The highest BCUT2D eigenvalue weighted by atomic mass is 16.2. The van der Waals surface area contributed by atoms with Gasteiger partial charge in [0.05, 0.1) is 5.56 Å². The number of piperidine rings is 3. The first-order chi connectivity index (χ1) is 17.9. The van der Waals surface area contributed by atoms with Crippen LogP contribution in [-0.4, -0.2) is 104 Å². The number of benzene rings is 1. The largest absolute Gasteiger partial charge is 0.371 e. The van der Waals surface area contributed by atoms with Gasteiger partial charge in [-0.1, -0.05) is 6.42 Å². The molecule has 4 fully saturated rings. The predicted molar refractivity (Wildman–Crippen MR) is 141 cm³/mol. The van der Waals surface area contributed by atoms with Gasteiger partial charge in [0, 0.05) is 56.3 Å². The Morgan fingerprint density at radius 3 is 2.46 bits per heavy atom. The third-order valence-corrected chi connectivity index (χ3v) is 8.70. The minimum absolute atomic E-state index is 0.194. The van der Waals surface area contributed by atoms with Crippen LogP contribution in [0.2, 0.25) is 0 Å². The number of imide groups is 1. The molecule has 1 atom stereocenters. The molecule has 3 amide bonds. The molecule has 0 aliphatic carbocycles. The molecule has 37 heavy (non-hydrogen) atoms. The highest BCUT2D eigenvalue weighted by Gasteiger charge is 2.35. The molecule has 0 bridgehead atoms. The van der Waals surface area contributed by atoms with Gasteiger partial charge < -0.3 is 19.6 Å². The summed E-state index contributed by atoms with van der Waals surface area (Å²) in [5.41, 5.74) is 1.52. The average molecular weight is 510 g/mol. The number of nitrogens with zero attached hydrogens (tertiary/aromatic N) is 4. The number of carbonyl (C=O) groups excluding carboxylic acids is 4. The number of likely N-dealkylation sites (tertiary alicyclic amines) is 2. The van der Waals surface area contributed by atoms with Crippen LogP contribution in [0.5, 0.6) is 0 Å². The fourth-order valence-electron chi connectivity index (χ4n) is 6.42. The maximum Gasteiger partial charge on any atom is 0.255 e. The normalized spacial score (nSPS) is 24.5. The van der Waals surface area contributed by atoms with Gasteiger partial charge in [-0.2, -0.15) is 0 Å². The maximum absolute atomic E-state index is 13.3. The Bertz CT molecular complexity index is 1030. The van der Waals surface area contributed by atoms with Gasteiger partial charge in [-0.3, -0.25) is 24.5 Å². The van der Waals surface area contributed by atoms with Crippen LogP contribution in [0.4, 0.5) is 5.69 Å². The molecule has 200 valence electrons. The van der Waals surface area contributed by atoms with Gasteiger partial charge in [-0.25, -0.2) is 0 Å². The minimum Gasteiger partial charge on any atom is -0.371 e. The Hall–Kier alpha value is -2.78. The molecule has 9 nitrogen and oxygen atoms in total. The zero-order valence-corrected chi connectivity index (χ0v) is 21.9. The highest BCUT2D eigenvalue weighted by Crippen LogP contribution is 2.29. The Morgan fingerprint density at radius 1 is 1.05 bits per heavy atom. The fraction of sp³-hybridized carbons (Fsp3) is 0.643. The van der Waals surface area contributed by atoms with Crippen LogP contribution in [0.1, 0.15) is 65.7 Å². The number of carbonyl (C=O) groups is 4. The lowest BCUT2D eigenvalue weighted by Gasteiger charge is -2.45. The van der Waals surface area contributed by atoms with Crippen molar-refractivity contribution in [2.24, 2.45) is 5.92 Å². The summed E-state index contributed by atoms with van der Waals surface area (Å²) < 4.78 is 0. The number of hydrogen-bond acceptors (Lipinski definition) is 7. The lowest BCUT2D eigenvalue weighted by molar-refractivity contribution is -0.136. The van der Waals surface area contributed by atoms with Gasteiger partial charge in [0.25, 0.3) is 5.91 Å². The van der Waals surface area contributed by atoms with Crippen LogP contribution in [0.3, 0.4) is 0 Å². The number of likely N-dealkylation sites (N-methyl/N-ethyl adjacent to an activating group) is 1. The molecule has 4 aliphatic rings. The molecular weight excluding hydrogens is 470 g/mol. The lowest BCUT2D eigenvalue weighted by Crippen LogP contribution is -2.54. The molecule has 0 radical (unpaired) electrons. The van der Waals surface area contributed by atoms with Gasteiger partial charge in [0.1, 0.15) is 6.04 Å². The number of aldehydes is 1. The molecule has 4 heterocycles. The number of amides is 3. The van der Waals surface area contributed by atoms with E-state index >= 15 is 0 Å². The van der Waals surface area contributed by atoms with E-state index < -0.39 is 11.9 Å². The molecule has 5 rings (SSSR count). The van der Waals surface area contributed by atoms with Crippen LogP contribution >= 0.6 is 0 Å². The lowest BCUT2D eigenvalue weighted by atomic mass is 9.94. The third kappa shape index (κ3) is 5.72. The van der Waals surface area contributed by atoms with E-state index in [0.29, 0.717) is 23.3 Å². The van der Waals surface area contributed by atoms with Crippen LogP contribution in [0.15, 0.2) is 18.2 Å². The third-order valence-electron chi connectivity index (χ3n) is 8.70. The van der Waals surface area contributed by atoms with E-state index in [1.54, 1.807) is 19.2 Å². The van der Waals surface area contributed by atoms with Crippen LogP contribution in [0, 0.1) is 5.92 Å². The molecule has 1 aromatic rings. The van der Waals surface area contributed by atoms with Crippen LogP contribution in [-0.2, 0) is 9.59 Å². The average Bonchev–Trinajstić information content (AvgIpc) is 2.90. The van der Waals surface area contributed by atoms with Crippen molar-refractivity contribution in [3.63, 3.8) is 0 Å². The molecule has 1 unspecified atom stereocenters. The van der Waals surface area contributed by atoms with Gasteiger partial charge in [0.15, 0.2) is 6.29 Å². The van der Waals surface area contributed by atoms with Crippen LogP contribution in [0.25, 0.3) is 0 Å². The van der Waals surface area contributed by atoms with Crippen molar-refractivity contribution in [2.45, 2.75) is 57.0 Å². The van der Waals surface area contributed by atoms with E-state index in [9.17, 15) is 19.2 Å². The zero-order valence-electron chi connectivity index (χ0n) is 21.9. The fourth-order valence-corrected chi connectivity index (χ4v) is 6.42. The molecule has 0 aromatic heterocycles. The number of nitrogens with one attached hydrogen (secondary N) is 1. The van der Waals surface area contributed by atoms with Crippen molar-refractivity contribution in [1.82, 2.24) is 20.0 Å². The van der Waals surface area contributed by atoms with Crippen molar-refractivity contribution in [3.8, 4) is 0 Å². The second-order valence-corrected chi connectivity index (χ2v) is 11.2. The monoisotopic (exact) mass is 509 g/mol. The number of hydrogen-bond donors (Lipinski definition) is 1. The maximum atomic E-state index is 13.3. The number of anilines is 1. The van der Waals surface area contributed by atoms with Crippen molar-refractivity contribution in [2.75, 3.05) is 57.8 Å². The molecule has 0 saturated carbocycles. The summed E-state index contributed by atoms with van der Waals surface area (Å²) in [5.74, 6) is -0.576. The first kappa shape index (κ1) is 25.9. The van der Waals surface area contributed by atoms with Crippen molar-refractivity contribution in [3.05, 3.63) is 29.3 Å². The molecule has 9 heteroatoms. The topological polar surface area (TPSA) is 93.3 Å². The van der Waals surface area contributed by atoms with Gasteiger partial charge >= 0.3 is 0 Å². The van der Waals surface area contributed by atoms with E-state index in [1.165, 1.54) is 63.2 Å². The Kier molecular flexibility index (Phi) is 7.90. The number of rotatable bonds is 7. The second-order valence-electron chi connectivity index (χ2n) is 11.2. The summed E-state index contributed by atoms with van der Waals surface area (Å²) in [6.07, 6.45) is 7.80. The summed E-state index contributed by atoms with van der Waals surface area (Å²) in [6, 6.07) is 5.40. The van der Waals surface area contributed by atoms with E-state index in [-0.39, 0.29) is 24.7 Å². The van der Waals surface area contributed by atoms with E-state index in [0.717, 1.165) is 31.4 Å². The van der Waals surface area contributed by atoms with Gasteiger partial charge in [-0.05, 0) is 76.5 Å². The van der Waals surface area contributed by atoms with Gasteiger partial charge in [0.2, 0.25) is 11.8 Å². The summed E-state index contributed by atoms with van der Waals surface area (Å²) in [7, 11) is 1.55. The quantitative estimate of drug-likeness (QED) is 0.442. The summed E-state index contributed by atoms with van der Waals surface area (Å²) >= 11 is 0. The molecule has 4 saturated heterocycles. The zero-order chi connectivity index (χ0) is 25.9. The molecule has 1 N–H and O–H groups in total. The Morgan fingerprint density at radius 2 is 1.78 bits per heavy atom. The SMILES string of the molecule is CN(C(=O)c1cc(N2CC(CN3CCC(N4CCCCC4)CC3)C2)ccc1C=O)C1CCC(=O)NC1=O. The van der Waals surface area contributed by atoms with Crippen molar-refractivity contribution in [1.29, 1.82) is 0 Å². The summed E-state index contributed by atoms with van der Waals surface area (Å²) in [5, 5.41) is 2.29.